The van der Waals surface area contributed by atoms with Gasteiger partial charge in [-0.25, -0.2) is 0 Å². The number of hydrogen-bond acceptors (Lipinski definition) is 14. The summed E-state index contributed by atoms with van der Waals surface area (Å²) in [7, 11) is 5.30. The van der Waals surface area contributed by atoms with Crippen LogP contribution >= 0.6 is 11.8 Å². The van der Waals surface area contributed by atoms with Crippen molar-refractivity contribution in [1.29, 1.82) is 5.26 Å². The number of nitrogens with zero attached hydrogens (tertiary/aromatic N) is 3. The van der Waals surface area contributed by atoms with Crippen molar-refractivity contribution >= 4 is 41.1 Å². The Labute approximate surface area is 345 Å². The number of aliphatic carboxylic acids is 1. The lowest BCUT2D eigenvalue weighted by Gasteiger charge is -2.52. The molecule has 4 aliphatic rings. The maximum absolute atomic E-state index is 13.1. The predicted octanol–water partition coefficient (Wildman–Crippen LogP) is 5.09. The number of carboxylic acids is 1. The van der Waals surface area contributed by atoms with E-state index in [1.165, 1.54) is 25.8 Å². The van der Waals surface area contributed by atoms with Crippen molar-refractivity contribution in [3.63, 3.8) is 0 Å². The number of rotatable bonds is 10. The van der Waals surface area contributed by atoms with E-state index >= 15 is 0 Å². The number of thioether (sulfide) groups is 1. The molecule has 1 aromatic heterocycles. The Morgan fingerprint density at radius 1 is 1.14 bits per heavy atom. The number of aromatic hydroxyl groups is 1. The van der Waals surface area contributed by atoms with E-state index in [1.54, 1.807) is 6.92 Å². The number of methoxy groups -OCH3 is 1. The SMILES string of the molecule is COc1c(C)cc2c(c1O)[C@H](N(C)C)[C@@H]1[C@H](SC[C@@]3(C)N[C@H](C(=O)O)Cc4c3[nH]c3ccccc43)c3c(OC(C)=O)c(C)c4c(c3[C@H](COC=O)N1[C@@H](C#N)C2)OCO4. The van der Waals surface area contributed by atoms with E-state index in [2.05, 4.69) is 21.3 Å². The number of phenols is 1. The molecule has 310 valence electrons. The third kappa shape index (κ3) is 6.42. The molecule has 15 nitrogen and oxygen atoms in total. The number of para-hydroxylation sites is 1. The van der Waals surface area contributed by atoms with Crippen LogP contribution in [0.1, 0.15) is 75.8 Å². The van der Waals surface area contributed by atoms with Crippen LogP contribution in [-0.2, 0) is 37.5 Å². The van der Waals surface area contributed by atoms with Gasteiger partial charge >= 0.3 is 11.9 Å². The molecule has 0 amide bonds. The lowest BCUT2D eigenvalue weighted by atomic mass is 9.80. The number of carbonyl (C=O) groups excluding carboxylic acids is 2. The van der Waals surface area contributed by atoms with Gasteiger partial charge in [0.1, 0.15) is 24.4 Å². The summed E-state index contributed by atoms with van der Waals surface area (Å²) in [6.45, 7) is 6.98. The van der Waals surface area contributed by atoms with Crippen molar-refractivity contribution in [3.8, 4) is 34.8 Å². The molecule has 0 fully saturated rings. The van der Waals surface area contributed by atoms with Crippen LogP contribution in [0.25, 0.3) is 10.9 Å². The third-order valence-electron chi connectivity index (χ3n) is 12.3. The average molecular weight is 826 g/mol. The van der Waals surface area contributed by atoms with Gasteiger partial charge in [-0.05, 0) is 57.6 Å². The molecule has 0 unspecified atom stereocenters. The zero-order valence-electron chi connectivity index (χ0n) is 33.9. The fourth-order valence-corrected chi connectivity index (χ4v) is 11.6. The molecule has 0 bridgehead atoms. The van der Waals surface area contributed by atoms with E-state index in [-0.39, 0.29) is 37.7 Å². The van der Waals surface area contributed by atoms with Crippen LogP contribution in [0.3, 0.4) is 0 Å². The molecule has 0 spiro atoms. The van der Waals surface area contributed by atoms with Crippen LogP contribution in [0.4, 0.5) is 0 Å². The number of nitriles is 1. The lowest BCUT2D eigenvalue weighted by molar-refractivity contribution is -0.140. The van der Waals surface area contributed by atoms with Gasteiger partial charge in [0.05, 0.1) is 36.1 Å². The molecule has 0 radical (unpaired) electrons. The number of hydrogen-bond donors (Lipinski definition) is 4. The lowest BCUT2D eigenvalue weighted by Crippen LogP contribution is -2.57. The van der Waals surface area contributed by atoms with Crippen LogP contribution in [0.15, 0.2) is 30.3 Å². The summed E-state index contributed by atoms with van der Waals surface area (Å²) in [5, 5.41) is 37.5. The highest BCUT2D eigenvalue weighted by atomic mass is 32.2. The minimum atomic E-state index is -0.977. The Bertz CT molecular complexity index is 2430. The average Bonchev–Trinajstić information content (AvgIpc) is 3.81. The molecule has 0 aliphatic carbocycles. The van der Waals surface area contributed by atoms with Crippen LogP contribution < -0.4 is 24.3 Å². The van der Waals surface area contributed by atoms with Crippen molar-refractivity contribution in [2.75, 3.05) is 40.4 Å². The van der Waals surface area contributed by atoms with Gasteiger partial charge < -0.3 is 43.8 Å². The predicted molar refractivity (Wildman–Crippen MR) is 217 cm³/mol. The number of aryl methyl sites for hydroxylation is 1. The number of carbonyl (C=O) groups is 3. The monoisotopic (exact) mass is 825 g/mol. The normalized spacial score (nSPS) is 25.5. The zero-order valence-corrected chi connectivity index (χ0v) is 34.7. The fourth-order valence-electron chi connectivity index (χ4n) is 10.0. The molecular weight excluding hydrogens is 779 g/mol. The fraction of sp³-hybridized carbons (Fsp3) is 0.442. The molecule has 16 heteroatoms. The van der Waals surface area contributed by atoms with Crippen molar-refractivity contribution in [2.45, 2.75) is 81.5 Å². The highest BCUT2D eigenvalue weighted by Gasteiger charge is 2.56. The number of phenolic OH excluding ortho intramolecular Hbond substituents is 1. The first-order valence-electron chi connectivity index (χ1n) is 19.4. The molecule has 8 rings (SSSR count). The van der Waals surface area contributed by atoms with Crippen molar-refractivity contribution in [1.82, 2.24) is 20.1 Å². The van der Waals surface area contributed by atoms with E-state index in [1.807, 2.05) is 63.2 Å². The molecule has 0 saturated carbocycles. The Kier molecular flexibility index (Phi) is 10.4. The van der Waals surface area contributed by atoms with Gasteiger partial charge in [-0.3, -0.25) is 24.6 Å². The van der Waals surface area contributed by atoms with Gasteiger partial charge in [-0.15, -0.1) is 11.8 Å². The smallest absolute Gasteiger partial charge is 0.321 e. The number of nitrogens with one attached hydrogen (secondary N) is 2. The van der Waals surface area contributed by atoms with Gasteiger partial charge in [0, 0.05) is 70.4 Å². The molecule has 3 aromatic carbocycles. The van der Waals surface area contributed by atoms with Gasteiger partial charge in [-0.2, -0.15) is 5.26 Å². The van der Waals surface area contributed by atoms with Crippen LogP contribution in [0.5, 0.6) is 28.7 Å². The number of esters is 1. The molecule has 4 aromatic rings. The minimum absolute atomic E-state index is 0.0509. The number of aromatic nitrogens is 1. The van der Waals surface area contributed by atoms with Gasteiger partial charge in [0.2, 0.25) is 6.79 Å². The van der Waals surface area contributed by atoms with Gasteiger partial charge in [-0.1, -0.05) is 24.3 Å². The largest absolute Gasteiger partial charge is 0.504 e. The number of H-pyrrole nitrogens is 1. The highest BCUT2D eigenvalue weighted by Crippen LogP contribution is 2.62. The summed E-state index contributed by atoms with van der Waals surface area (Å²) >= 11 is 1.51. The van der Waals surface area contributed by atoms with E-state index in [0.717, 1.165) is 27.7 Å². The number of ether oxygens (including phenoxy) is 5. The Balaban J connectivity index is 1.42. The van der Waals surface area contributed by atoms with E-state index in [0.29, 0.717) is 57.3 Å². The van der Waals surface area contributed by atoms with Crippen molar-refractivity contribution in [2.24, 2.45) is 0 Å². The Morgan fingerprint density at radius 2 is 1.88 bits per heavy atom. The maximum atomic E-state index is 13.1. The summed E-state index contributed by atoms with van der Waals surface area (Å²) in [6, 6.07) is 8.47. The number of aromatic amines is 1. The number of likely N-dealkylation sites (N-methyl/N-ethyl adjacent to an activating group) is 1. The first-order chi connectivity index (χ1) is 28.2. The Hall–Kier alpha value is -5.47. The number of carboxylic acid groups (broad SMARTS) is 1. The second kappa shape index (κ2) is 15.3. The first-order valence-corrected chi connectivity index (χ1v) is 20.4. The summed E-state index contributed by atoms with van der Waals surface area (Å²) in [4.78, 5) is 45.5. The Morgan fingerprint density at radius 3 is 2.56 bits per heavy atom. The molecule has 0 saturated heterocycles. The quantitative estimate of drug-likeness (QED) is 0.0937. The zero-order chi connectivity index (χ0) is 42.1. The molecule has 7 atom stereocenters. The molecule has 5 heterocycles. The topological polar surface area (TPSA) is 196 Å². The van der Waals surface area contributed by atoms with Gasteiger partial charge in [0.25, 0.3) is 6.47 Å². The van der Waals surface area contributed by atoms with E-state index in [9.17, 15) is 29.9 Å². The summed E-state index contributed by atoms with van der Waals surface area (Å²) < 4.78 is 29.8. The van der Waals surface area contributed by atoms with Crippen LogP contribution in [0.2, 0.25) is 0 Å². The standard InChI is InChI=1S/C43H47N5O10S/c1-20-12-23-13-24(15-44)48-29(16-55-18-49)31-32(37(58-22(3)50)21(2)38-39(31)57-19-56-38)40(34(48)33(47(5)6)30(23)35(51)36(20)54-7)59-17-43(4)41-26(14-28(46-43)42(52)53)25-10-8-9-11-27(25)45-41/h8-12,18,24,28-29,33-34,40,45-46,51H,13-14,16-17,19H2,1-7H3,(H,52,53)/t24-,28+,29+,33+,34-,40-,43-/m1/s1. The first kappa shape index (κ1) is 40.3. The van der Waals surface area contributed by atoms with Crippen LogP contribution in [0, 0.1) is 25.2 Å². The second-order valence-corrected chi connectivity index (χ2v) is 17.2. The maximum Gasteiger partial charge on any atom is 0.321 e. The highest BCUT2D eigenvalue weighted by molar-refractivity contribution is 7.99. The minimum Gasteiger partial charge on any atom is -0.504 e. The summed E-state index contributed by atoms with van der Waals surface area (Å²) in [5.41, 5.74) is 5.40. The van der Waals surface area contributed by atoms with Crippen molar-refractivity contribution < 1.29 is 48.3 Å². The number of fused-ring (bicyclic) bond motifs is 8. The van der Waals surface area contributed by atoms with Crippen molar-refractivity contribution in [3.05, 3.63) is 75.0 Å². The summed E-state index contributed by atoms with van der Waals surface area (Å²) in [6.07, 6.45) is 0.481. The van der Waals surface area contributed by atoms with Gasteiger partial charge in [0.15, 0.2) is 23.0 Å². The van der Waals surface area contributed by atoms with Crippen LogP contribution in [-0.4, -0.2) is 102 Å². The molecular formula is C43H47N5O10S. The molecule has 4 N–H and O–H groups in total. The molecule has 4 aliphatic heterocycles. The number of benzene rings is 3. The van der Waals surface area contributed by atoms with E-state index < -0.39 is 52.9 Å². The third-order valence-corrected chi connectivity index (χ3v) is 13.9. The van der Waals surface area contributed by atoms with E-state index in [4.69, 9.17) is 23.7 Å². The second-order valence-electron chi connectivity index (χ2n) is 16.1. The summed E-state index contributed by atoms with van der Waals surface area (Å²) in [5.74, 6) is 0.0203. The molecule has 59 heavy (non-hydrogen) atoms.